The molecule has 0 spiro atoms. The van der Waals surface area contributed by atoms with Crippen LogP contribution in [0.15, 0.2) is 48.6 Å². The van der Waals surface area contributed by atoms with Gasteiger partial charge in [0.25, 0.3) is 0 Å². The third-order valence-electron chi connectivity index (χ3n) is 11.1. The minimum Gasteiger partial charge on any atom is -0.466 e. The Balaban J connectivity index is 3.55. The first kappa shape index (κ1) is 55.8. The molecule has 2 atom stereocenters. The van der Waals surface area contributed by atoms with Crippen LogP contribution in [-0.2, 0) is 14.3 Å². The van der Waals surface area contributed by atoms with Gasteiger partial charge in [0.15, 0.2) is 0 Å². The van der Waals surface area contributed by atoms with Crippen LogP contribution >= 0.6 is 0 Å². The summed E-state index contributed by atoms with van der Waals surface area (Å²) in [4.78, 5) is 24.4. The van der Waals surface area contributed by atoms with Crippen LogP contribution in [0, 0.1) is 0 Å². The van der Waals surface area contributed by atoms with Crippen molar-refractivity contribution in [1.82, 2.24) is 5.32 Å². The molecular formula is C52H95NO5. The van der Waals surface area contributed by atoms with Crippen LogP contribution in [0.1, 0.15) is 245 Å². The van der Waals surface area contributed by atoms with E-state index in [-0.39, 0.29) is 18.5 Å². The molecule has 0 aromatic heterocycles. The van der Waals surface area contributed by atoms with E-state index in [0.717, 1.165) is 83.5 Å². The molecule has 6 nitrogen and oxygen atoms in total. The number of hydrogen-bond acceptors (Lipinski definition) is 5. The van der Waals surface area contributed by atoms with E-state index in [1.54, 1.807) is 6.08 Å². The predicted molar refractivity (Wildman–Crippen MR) is 250 cm³/mol. The van der Waals surface area contributed by atoms with E-state index in [2.05, 4.69) is 55.6 Å². The van der Waals surface area contributed by atoms with Gasteiger partial charge in [-0.05, 0) is 89.9 Å². The zero-order valence-electron chi connectivity index (χ0n) is 38.3. The molecule has 0 aromatic rings. The molecule has 0 aromatic carbocycles. The summed E-state index contributed by atoms with van der Waals surface area (Å²) in [5.74, 6) is -0.130. The number of unbranched alkanes of at least 4 members (excludes halogenated alkanes) is 28. The van der Waals surface area contributed by atoms with Gasteiger partial charge in [-0.25, -0.2) is 0 Å². The SMILES string of the molecule is CCCCC/C=C\C/C=C\CCCCCCCC(=O)OCCCCCCCC/C=C\CCCCCC(=O)NC(CO)C(O)/C=C/CCCCCCCCCCCCC. The number of aliphatic hydroxyl groups is 2. The summed E-state index contributed by atoms with van der Waals surface area (Å²) in [5.41, 5.74) is 0. The van der Waals surface area contributed by atoms with Gasteiger partial charge in [0, 0.05) is 12.8 Å². The first-order valence-electron chi connectivity index (χ1n) is 24.9. The quantitative estimate of drug-likeness (QED) is 0.0323. The third-order valence-corrected chi connectivity index (χ3v) is 11.1. The molecule has 58 heavy (non-hydrogen) atoms. The van der Waals surface area contributed by atoms with Gasteiger partial charge in [0.05, 0.1) is 25.4 Å². The van der Waals surface area contributed by atoms with Crippen molar-refractivity contribution in [3.8, 4) is 0 Å². The maximum absolute atomic E-state index is 12.4. The molecular weight excluding hydrogens is 719 g/mol. The van der Waals surface area contributed by atoms with Crippen LogP contribution in [0.5, 0.6) is 0 Å². The highest BCUT2D eigenvalue weighted by molar-refractivity contribution is 5.76. The fourth-order valence-electron chi connectivity index (χ4n) is 7.18. The van der Waals surface area contributed by atoms with Crippen LogP contribution in [0.25, 0.3) is 0 Å². The van der Waals surface area contributed by atoms with E-state index < -0.39 is 12.1 Å². The minimum atomic E-state index is -0.862. The first-order chi connectivity index (χ1) is 28.5. The van der Waals surface area contributed by atoms with Gasteiger partial charge in [0.1, 0.15) is 0 Å². The van der Waals surface area contributed by atoms with Crippen LogP contribution < -0.4 is 5.32 Å². The molecule has 6 heteroatoms. The smallest absolute Gasteiger partial charge is 0.305 e. The van der Waals surface area contributed by atoms with E-state index >= 15 is 0 Å². The Morgan fingerprint density at radius 1 is 0.483 bits per heavy atom. The average Bonchev–Trinajstić information content (AvgIpc) is 3.22. The number of carbonyl (C=O) groups is 2. The molecule has 0 bridgehead atoms. The lowest BCUT2D eigenvalue weighted by Crippen LogP contribution is -2.45. The first-order valence-corrected chi connectivity index (χ1v) is 24.9. The fourth-order valence-corrected chi connectivity index (χ4v) is 7.18. The number of ether oxygens (including phenoxy) is 1. The van der Waals surface area contributed by atoms with Crippen LogP contribution in [-0.4, -0.2) is 47.4 Å². The summed E-state index contributed by atoms with van der Waals surface area (Å²) in [7, 11) is 0. The van der Waals surface area contributed by atoms with Crippen molar-refractivity contribution in [1.29, 1.82) is 0 Å². The summed E-state index contributed by atoms with van der Waals surface area (Å²) < 4.78 is 5.44. The lowest BCUT2D eigenvalue weighted by Gasteiger charge is -2.19. The number of esters is 1. The Bertz CT molecular complexity index is 988. The van der Waals surface area contributed by atoms with E-state index in [1.165, 1.54) is 135 Å². The lowest BCUT2D eigenvalue weighted by molar-refractivity contribution is -0.143. The molecule has 0 rings (SSSR count). The summed E-state index contributed by atoms with van der Waals surface area (Å²) in [6.07, 6.45) is 58.1. The van der Waals surface area contributed by atoms with Gasteiger partial charge in [-0.3, -0.25) is 9.59 Å². The molecule has 0 aliphatic carbocycles. The van der Waals surface area contributed by atoms with Crippen molar-refractivity contribution in [2.24, 2.45) is 0 Å². The van der Waals surface area contributed by atoms with Crippen molar-refractivity contribution in [3.05, 3.63) is 48.6 Å². The Hall–Kier alpha value is -2.18. The molecule has 3 N–H and O–H groups in total. The second kappa shape index (κ2) is 47.5. The van der Waals surface area contributed by atoms with Crippen LogP contribution in [0.3, 0.4) is 0 Å². The molecule has 0 aliphatic rings. The van der Waals surface area contributed by atoms with Crippen molar-refractivity contribution in [2.75, 3.05) is 13.2 Å². The highest BCUT2D eigenvalue weighted by Gasteiger charge is 2.18. The molecule has 0 radical (unpaired) electrons. The Labute approximate surface area is 359 Å². The van der Waals surface area contributed by atoms with Crippen LogP contribution in [0.2, 0.25) is 0 Å². The van der Waals surface area contributed by atoms with Crippen molar-refractivity contribution < 1.29 is 24.5 Å². The molecule has 0 fully saturated rings. The number of hydrogen-bond donors (Lipinski definition) is 3. The Kier molecular flexibility index (Phi) is 45.7. The zero-order valence-corrected chi connectivity index (χ0v) is 38.3. The average molecular weight is 814 g/mol. The van der Waals surface area contributed by atoms with Crippen LogP contribution in [0.4, 0.5) is 0 Å². The maximum atomic E-state index is 12.4. The second-order valence-corrected chi connectivity index (χ2v) is 16.8. The van der Waals surface area contributed by atoms with Gasteiger partial charge < -0.3 is 20.3 Å². The summed E-state index contributed by atoms with van der Waals surface area (Å²) in [5, 5.41) is 23.0. The fraction of sp³-hybridized carbons (Fsp3) is 0.808. The molecule has 0 aliphatic heterocycles. The minimum absolute atomic E-state index is 0.0292. The van der Waals surface area contributed by atoms with Gasteiger partial charge in [-0.2, -0.15) is 0 Å². The molecule has 0 saturated carbocycles. The lowest BCUT2D eigenvalue weighted by atomic mass is 10.0. The number of aliphatic hydroxyl groups excluding tert-OH is 2. The van der Waals surface area contributed by atoms with Gasteiger partial charge >= 0.3 is 5.97 Å². The van der Waals surface area contributed by atoms with Crippen molar-refractivity contribution in [3.63, 3.8) is 0 Å². The van der Waals surface area contributed by atoms with Gasteiger partial charge in [-0.1, -0.05) is 191 Å². The van der Waals surface area contributed by atoms with E-state index in [4.69, 9.17) is 4.74 Å². The van der Waals surface area contributed by atoms with E-state index in [1.807, 2.05) is 6.08 Å². The number of amides is 1. The molecule has 338 valence electrons. The van der Waals surface area contributed by atoms with E-state index in [9.17, 15) is 19.8 Å². The molecule has 0 heterocycles. The highest BCUT2D eigenvalue weighted by Crippen LogP contribution is 2.14. The molecule has 2 unspecified atom stereocenters. The number of carbonyl (C=O) groups excluding carboxylic acids is 2. The van der Waals surface area contributed by atoms with Crippen molar-refractivity contribution >= 4 is 11.9 Å². The Morgan fingerprint density at radius 3 is 1.38 bits per heavy atom. The summed E-state index contributed by atoms with van der Waals surface area (Å²) in [6, 6.07) is -0.649. The highest BCUT2D eigenvalue weighted by atomic mass is 16.5. The molecule has 0 saturated heterocycles. The van der Waals surface area contributed by atoms with E-state index in [0.29, 0.717) is 19.4 Å². The maximum Gasteiger partial charge on any atom is 0.305 e. The monoisotopic (exact) mass is 814 g/mol. The van der Waals surface area contributed by atoms with Gasteiger partial charge in [0.2, 0.25) is 5.91 Å². The number of rotatable bonds is 45. The third kappa shape index (κ3) is 43.4. The number of nitrogens with one attached hydrogen (secondary N) is 1. The normalized spacial score (nSPS) is 13.1. The van der Waals surface area contributed by atoms with Gasteiger partial charge in [-0.15, -0.1) is 0 Å². The zero-order chi connectivity index (χ0) is 42.3. The Morgan fingerprint density at radius 2 is 0.862 bits per heavy atom. The predicted octanol–water partition coefficient (Wildman–Crippen LogP) is 14.7. The topological polar surface area (TPSA) is 95.9 Å². The standard InChI is InChI=1S/C52H95NO5/c1-3-5-7-9-11-13-15-17-18-22-26-30-34-38-42-46-52(57)58-47-43-39-35-31-27-23-19-21-25-29-33-37-41-45-51(56)53-49(48-54)50(55)44-40-36-32-28-24-20-16-14-12-10-8-6-4-2/h11,13,17-18,21,25,40,44,49-50,54-55H,3-10,12,14-16,19-20,22-24,26-39,41-43,45-48H2,1-2H3,(H,53,56)/b13-11-,18-17-,25-21-,44-40+. The second-order valence-electron chi connectivity index (χ2n) is 16.8. The molecule has 1 amide bonds. The number of allylic oxidation sites excluding steroid dienone is 7. The largest absolute Gasteiger partial charge is 0.466 e. The summed E-state index contributed by atoms with van der Waals surface area (Å²) in [6.45, 7) is 4.81. The summed E-state index contributed by atoms with van der Waals surface area (Å²) >= 11 is 0. The van der Waals surface area contributed by atoms with Crippen molar-refractivity contribution in [2.45, 2.75) is 257 Å².